The lowest BCUT2D eigenvalue weighted by molar-refractivity contribution is -0.112. The van der Waals surface area contributed by atoms with E-state index in [0.717, 1.165) is 30.6 Å². The van der Waals surface area contributed by atoms with Gasteiger partial charge in [-0.15, -0.1) is 6.58 Å². The van der Waals surface area contributed by atoms with Crippen molar-refractivity contribution in [3.05, 3.63) is 12.7 Å². The van der Waals surface area contributed by atoms with E-state index in [1.165, 1.54) is 57.7 Å². The summed E-state index contributed by atoms with van der Waals surface area (Å²) in [4.78, 5) is 10.8. The van der Waals surface area contributed by atoms with Crippen LogP contribution in [-0.4, -0.2) is 6.29 Å². The Balaban J connectivity index is 1.70. The second-order valence-electron chi connectivity index (χ2n) is 6.46. The van der Waals surface area contributed by atoms with Gasteiger partial charge in [-0.1, -0.05) is 18.9 Å². The molecule has 102 valence electrons. The summed E-state index contributed by atoms with van der Waals surface area (Å²) in [5.74, 6) is 3.25. The molecule has 0 N–H and O–H groups in total. The lowest BCUT2D eigenvalue weighted by atomic mass is 9.69. The van der Waals surface area contributed by atoms with Gasteiger partial charge in [0.1, 0.15) is 6.29 Å². The minimum atomic E-state index is 0.380. The summed E-state index contributed by atoms with van der Waals surface area (Å²) in [7, 11) is 0. The Bertz CT molecular complexity index is 255. The van der Waals surface area contributed by atoms with Crippen molar-refractivity contribution in [3.63, 3.8) is 0 Å². The fraction of sp³-hybridized carbons (Fsp3) is 0.824. The summed E-state index contributed by atoms with van der Waals surface area (Å²) in [6, 6.07) is 0. The molecule has 0 aromatic carbocycles. The average Bonchev–Trinajstić information content (AvgIpc) is 2.46. The van der Waals surface area contributed by atoms with Crippen molar-refractivity contribution in [1.29, 1.82) is 0 Å². The number of rotatable bonds is 5. The van der Waals surface area contributed by atoms with Gasteiger partial charge < -0.3 is 4.79 Å². The van der Waals surface area contributed by atoms with E-state index < -0.39 is 0 Å². The van der Waals surface area contributed by atoms with Gasteiger partial charge in [0.2, 0.25) is 0 Å². The SMILES string of the molecule is C=CCC[C@H]1CC[C@H](C2CCC(C=O)CC2)CC1. The van der Waals surface area contributed by atoms with Gasteiger partial charge in [-0.3, -0.25) is 0 Å². The molecule has 0 bridgehead atoms. The Labute approximate surface area is 112 Å². The molecule has 0 unspecified atom stereocenters. The number of carbonyl (C=O) groups excluding carboxylic acids is 1. The monoisotopic (exact) mass is 248 g/mol. The highest BCUT2D eigenvalue weighted by Gasteiger charge is 2.30. The quantitative estimate of drug-likeness (QED) is 0.506. The summed E-state index contributed by atoms with van der Waals surface area (Å²) < 4.78 is 0. The van der Waals surface area contributed by atoms with Crippen LogP contribution in [0.2, 0.25) is 0 Å². The van der Waals surface area contributed by atoms with Crippen LogP contribution in [0, 0.1) is 23.7 Å². The second-order valence-corrected chi connectivity index (χ2v) is 6.46. The number of hydrogen-bond acceptors (Lipinski definition) is 1. The first-order chi connectivity index (χ1) is 8.83. The molecule has 0 aromatic rings. The van der Waals surface area contributed by atoms with E-state index in [1.807, 2.05) is 0 Å². The predicted octanol–water partition coefficient (Wildman–Crippen LogP) is 4.76. The van der Waals surface area contributed by atoms with Crippen molar-refractivity contribution >= 4 is 6.29 Å². The maximum absolute atomic E-state index is 10.8. The Kier molecular flexibility index (Phi) is 5.46. The van der Waals surface area contributed by atoms with E-state index in [9.17, 15) is 4.79 Å². The molecule has 0 amide bonds. The van der Waals surface area contributed by atoms with Crippen molar-refractivity contribution in [2.75, 3.05) is 0 Å². The van der Waals surface area contributed by atoms with Gasteiger partial charge in [-0.25, -0.2) is 0 Å². The first-order valence-corrected chi connectivity index (χ1v) is 7.89. The predicted molar refractivity (Wildman–Crippen MR) is 76.4 cm³/mol. The molecule has 18 heavy (non-hydrogen) atoms. The highest BCUT2D eigenvalue weighted by atomic mass is 16.1. The largest absolute Gasteiger partial charge is 0.303 e. The second kappa shape index (κ2) is 7.11. The third-order valence-electron chi connectivity index (χ3n) is 5.35. The fourth-order valence-electron chi connectivity index (χ4n) is 4.05. The maximum Gasteiger partial charge on any atom is 0.123 e. The molecule has 0 saturated heterocycles. The van der Waals surface area contributed by atoms with Crippen LogP contribution in [0.15, 0.2) is 12.7 Å². The lowest BCUT2D eigenvalue weighted by Crippen LogP contribution is -2.26. The third kappa shape index (κ3) is 3.70. The van der Waals surface area contributed by atoms with Crippen molar-refractivity contribution in [1.82, 2.24) is 0 Å². The Morgan fingerprint density at radius 1 is 0.889 bits per heavy atom. The molecule has 2 rings (SSSR count). The van der Waals surface area contributed by atoms with Crippen LogP contribution in [-0.2, 0) is 4.79 Å². The first kappa shape index (κ1) is 13.8. The molecule has 2 saturated carbocycles. The molecule has 1 nitrogen and oxygen atoms in total. The summed E-state index contributed by atoms with van der Waals surface area (Å²) in [6.45, 7) is 3.82. The molecule has 2 fully saturated rings. The zero-order valence-corrected chi connectivity index (χ0v) is 11.7. The van der Waals surface area contributed by atoms with E-state index in [-0.39, 0.29) is 0 Å². The van der Waals surface area contributed by atoms with Gasteiger partial charge in [0.05, 0.1) is 0 Å². The van der Waals surface area contributed by atoms with E-state index in [0.29, 0.717) is 5.92 Å². The number of aldehydes is 1. The highest BCUT2D eigenvalue weighted by Crippen LogP contribution is 2.41. The average molecular weight is 248 g/mol. The Morgan fingerprint density at radius 3 is 1.94 bits per heavy atom. The van der Waals surface area contributed by atoms with Crippen molar-refractivity contribution in [2.24, 2.45) is 23.7 Å². The van der Waals surface area contributed by atoms with Crippen molar-refractivity contribution < 1.29 is 4.79 Å². The van der Waals surface area contributed by atoms with E-state index >= 15 is 0 Å². The van der Waals surface area contributed by atoms with E-state index in [1.54, 1.807) is 0 Å². The van der Waals surface area contributed by atoms with Crippen LogP contribution in [0.3, 0.4) is 0 Å². The number of hydrogen-bond donors (Lipinski definition) is 0. The van der Waals surface area contributed by atoms with Gasteiger partial charge >= 0.3 is 0 Å². The molecule has 0 atom stereocenters. The summed E-state index contributed by atoms with van der Waals surface area (Å²) in [5, 5.41) is 0. The highest BCUT2D eigenvalue weighted by molar-refractivity contribution is 5.53. The lowest BCUT2D eigenvalue weighted by Gasteiger charge is -2.37. The summed E-state index contributed by atoms with van der Waals surface area (Å²) in [6.07, 6.45) is 16.5. The number of allylic oxidation sites excluding steroid dienone is 1. The topological polar surface area (TPSA) is 17.1 Å². The maximum atomic E-state index is 10.8. The molecule has 0 aromatic heterocycles. The third-order valence-corrected chi connectivity index (χ3v) is 5.35. The van der Waals surface area contributed by atoms with Gasteiger partial charge in [-0.2, -0.15) is 0 Å². The van der Waals surface area contributed by atoms with E-state index in [4.69, 9.17) is 0 Å². The zero-order chi connectivity index (χ0) is 12.8. The molecule has 0 radical (unpaired) electrons. The van der Waals surface area contributed by atoms with Crippen LogP contribution in [0.5, 0.6) is 0 Å². The van der Waals surface area contributed by atoms with Crippen LogP contribution in [0.25, 0.3) is 0 Å². The first-order valence-electron chi connectivity index (χ1n) is 7.89. The van der Waals surface area contributed by atoms with E-state index in [2.05, 4.69) is 12.7 Å². The van der Waals surface area contributed by atoms with Gasteiger partial charge in [0, 0.05) is 5.92 Å². The fourth-order valence-corrected chi connectivity index (χ4v) is 4.05. The molecule has 2 aliphatic carbocycles. The van der Waals surface area contributed by atoms with Crippen LogP contribution in [0.4, 0.5) is 0 Å². The summed E-state index contributed by atoms with van der Waals surface area (Å²) >= 11 is 0. The molecule has 0 spiro atoms. The standard InChI is InChI=1S/C17H28O/c1-2-3-4-14-5-9-16(10-6-14)17-11-7-15(13-18)8-12-17/h2,13-17H,1,3-12H2/t14-,15?,16-,17?. The van der Waals surface area contributed by atoms with Crippen molar-refractivity contribution in [3.8, 4) is 0 Å². The molecule has 2 aliphatic rings. The molecular formula is C17H28O. The summed E-state index contributed by atoms with van der Waals surface area (Å²) in [5.41, 5.74) is 0. The van der Waals surface area contributed by atoms with Crippen LogP contribution >= 0.6 is 0 Å². The Morgan fingerprint density at radius 2 is 1.44 bits per heavy atom. The van der Waals surface area contributed by atoms with Gasteiger partial charge in [0.25, 0.3) is 0 Å². The molecule has 0 aliphatic heterocycles. The normalized spacial score (nSPS) is 37.1. The Hall–Kier alpha value is -0.590. The van der Waals surface area contributed by atoms with Crippen LogP contribution < -0.4 is 0 Å². The molecule has 0 heterocycles. The molecule has 1 heteroatoms. The smallest absolute Gasteiger partial charge is 0.123 e. The zero-order valence-electron chi connectivity index (χ0n) is 11.7. The minimum absolute atomic E-state index is 0.380. The van der Waals surface area contributed by atoms with Crippen LogP contribution in [0.1, 0.15) is 64.2 Å². The minimum Gasteiger partial charge on any atom is -0.303 e. The molecular weight excluding hydrogens is 220 g/mol. The van der Waals surface area contributed by atoms with Crippen molar-refractivity contribution in [2.45, 2.75) is 64.2 Å². The van der Waals surface area contributed by atoms with Gasteiger partial charge in [0.15, 0.2) is 0 Å². The van der Waals surface area contributed by atoms with Gasteiger partial charge in [-0.05, 0) is 69.1 Å². The number of carbonyl (C=O) groups is 1.